The Hall–Kier alpha value is -1.00. The van der Waals surface area contributed by atoms with Gasteiger partial charge in [-0.2, -0.15) is 0 Å². The Morgan fingerprint density at radius 3 is 2.71 bits per heavy atom. The summed E-state index contributed by atoms with van der Waals surface area (Å²) in [5, 5.41) is 13.0. The molecule has 0 aliphatic heterocycles. The van der Waals surface area contributed by atoms with E-state index in [4.69, 9.17) is 0 Å². The highest BCUT2D eigenvalue weighted by Crippen LogP contribution is 2.20. The van der Waals surface area contributed by atoms with Gasteiger partial charge in [-0.3, -0.25) is 0 Å². The minimum Gasteiger partial charge on any atom is -0.387 e. The van der Waals surface area contributed by atoms with E-state index in [2.05, 4.69) is 5.32 Å². The van der Waals surface area contributed by atoms with Crippen LogP contribution in [0.25, 0.3) is 0 Å². The molecule has 17 heavy (non-hydrogen) atoms. The molecule has 0 spiro atoms. The molecule has 0 amide bonds. The van der Waals surface area contributed by atoms with Crippen molar-refractivity contribution in [3.8, 4) is 0 Å². The number of rotatable bonds is 4. The van der Waals surface area contributed by atoms with Crippen LogP contribution in [0.2, 0.25) is 0 Å². The van der Waals surface area contributed by atoms with Crippen LogP contribution in [0.4, 0.5) is 8.78 Å². The van der Waals surface area contributed by atoms with Crippen LogP contribution in [0, 0.1) is 11.6 Å². The summed E-state index contributed by atoms with van der Waals surface area (Å²) in [6.07, 6.45) is 3.59. The summed E-state index contributed by atoms with van der Waals surface area (Å²) in [6.45, 7) is 0.269. The molecule has 0 bridgehead atoms. The topological polar surface area (TPSA) is 32.3 Å². The van der Waals surface area contributed by atoms with E-state index in [0.29, 0.717) is 6.04 Å². The number of aliphatic hydroxyl groups is 1. The second-order valence-corrected chi connectivity index (χ2v) is 4.57. The van der Waals surface area contributed by atoms with Crippen molar-refractivity contribution in [3.63, 3.8) is 0 Å². The summed E-state index contributed by atoms with van der Waals surface area (Å²) in [7, 11) is 0. The quantitative estimate of drug-likeness (QED) is 0.849. The number of nitrogens with one attached hydrogen (secondary N) is 1. The molecule has 1 atom stereocenters. The third-order valence-corrected chi connectivity index (χ3v) is 3.27. The molecule has 1 saturated carbocycles. The fourth-order valence-electron chi connectivity index (χ4n) is 2.29. The Bertz CT molecular complexity index is 378. The van der Waals surface area contributed by atoms with E-state index in [0.717, 1.165) is 31.0 Å². The minimum absolute atomic E-state index is 0.0236. The summed E-state index contributed by atoms with van der Waals surface area (Å²) >= 11 is 0. The maximum atomic E-state index is 13.4. The van der Waals surface area contributed by atoms with Crippen molar-refractivity contribution in [3.05, 3.63) is 35.4 Å². The summed E-state index contributed by atoms with van der Waals surface area (Å²) in [5.74, 6) is -1.09. The lowest BCUT2D eigenvalue weighted by Gasteiger charge is -2.16. The lowest BCUT2D eigenvalue weighted by molar-refractivity contribution is 0.165. The Morgan fingerprint density at radius 1 is 1.29 bits per heavy atom. The predicted octanol–water partition coefficient (Wildman–Crippen LogP) is 2.53. The van der Waals surface area contributed by atoms with E-state index < -0.39 is 17.7 Å². The van der Waals surface area contributed by atoms with Gasteiger partial charge in [-0.1, -0.05) is 12.8 Å². The maximum absolute atomic E-state index is 13.4. The molecule has 1 aromatic rings. The molecule has 0 radical (unpaired) electrons. The van der Waals surface area contributed by atoms with Crippen molar-refractivity contribution in [2.45, 2.75) is 37.8 Å². The molecule has 0 aromatic heterocycles. The maximum Gasteiger partial charge on any atom is 0.129 e. The first-order valence-corrected chi connectivity index (χ1v) is 6.03. The molecule has 1 unspecified atom stereocenters. The van der Waals surface area contributed by atoms with Crippen LogP contribution in [0.1, 0.15) is 37.4 Å². The zero-order valence-corrected chi connectivity index (χ0v) is 9.63. The Labute approximate surface area is 99.7 Å². The standard InChI is InChI=1S/C13H17F2NO/c14-9-5-6-12(15)11(7-9)13(17)8-16-10-3-1-2-4-10/h5-7,10,13,16-17H,1-4,8H2. The molecular formula is C13H17F2NO. The highest BCUT2D eigenvalue weighted by atomic mass is 19.1. The number of aliphatic hydroxyl groups excluding tert-OH is 1. The predicted molar refractivity (Wildman–Crippen MR) is 61.6 cm³/mol. The summed E-state index contributed by atoms with van der Waals surface area (Å²) in [6, 6.07) is 3.55. The molecule has 1 fully saturated rings. The van der Waals surface area contributed by atoms with Crippen molar-refractivity contribution < 1.29 is 13.9 Å². The SMILES string of the molecule is OC(CNC1CCCC1)c1cc(F)ccc1F. The average Bonchev–Trinajstić information content (AvgIpc) is 2.82. The lowest BCUT2D eigenvalue weighted by atomic mass is 10.1. The summed E-state index contributed by atoms with van der Waals surface area (Å²) in [4.78, 5) is 0. The molecule has 1 aromatic carbocycles. The largest absolute Gasteiger partial charge is 0.387 e. The normalized spacial score (nSPS) is 18.5. The Morgan fingerprint density at radius 2 is 2.00 bits per heavy atom. The Kier molecular flexibility index (Phi) is 4.07. The molecule has 2 nitrogen and oxygen atoms in total. The van der Waals surface area contributed by atoms with Crippen molar-refractivity contribution in [2.24, 2.45) is 0 Å². The van der Waals surface area contributed by atoms with Crippen molar-refractivity contribution in [2.75, 3.05) is 6.54 Å². The monoisotopic (exact) mass is 241 g/mol. The number of benzene rings is 1. The van der Waals surface area contributed by atoms with E-state index in [-0.39, 0.29) is 12.1 Å². The van der Waals surface area contributed by atoms with Crippen LogP contribution >= 0.6 is 0 Å². The van der Waals surface area contributed by atoms with Gasteiger partial charge >= 0.3 is 0 Å². The van der Waals surface area contributed by atoms with Gasteiger partial charge in [0.15, 0.2) is 0 Å². The van der Waals surface area contributed by atoms with Crippen LogP contribution in [0.5, 0.6) is 0 Å². The lowest BCUT2D eigenvalue weighted by Crippen LogP contribution is -2.30. The van der Waals surface area contributed by atoms with Crippen LogP contribution in [-0.2, 0) is 0 Å². The molecule has 4 heteroatoms. The molecular weight excluding hydrogens is 224 g/mol. The van der Waals surface area contributed by atoms with Crippen LogP contribution in [-0.4, -0.2) is 17.7 Å². The summed E-state index contributed by atoms with van der Waals surface area (Å²) < 4.78 is 26.3. The van der Waals surface area contributed by atoms with E-state index >= 15 is 0 Å². The smallest absolute Gasteiger partial charge is 0.129 e. The first kappa shape index (κ1) is 12.5. The first-order chi connectivity index (χ1) is 8.16. The van der Waals surface area contributed by atoms with Gasteiger partial charge in [-0.25, -0.2) is 8.78 Å². The van der Waals surface area contributed by atoms with Gasteiger partial charge in [-0.15, -0.1) is 0 Å². The highest BCUT2D eigenvalue weighted by Gasteiger charge is 2.18. The second kappa shape index (κ2) is 5.56. The Balaban J connectivity index is 1.93. The average molecular weight is 241 g/mol. The van der Waals surface area contributed by atoms with E-state index in [1.165, 1.54) is 12.8 Å². The van der Waals surface area contributed by atoms with Crippen molar-refractivity contribution >= 4 is 0 Å². The molecule has 1 aliphatic rings. The van der Waals surface area contributed by atoms with Gasteiger partial charge in [0, 0.05) is 18.2 Å². The molecule has 0 heterocycles. The van der Waals surface area contributed by atoms with Crippen molar-refractivity contribution in [1.29, 1.82) is 0 Å². The number of hydrogen-bond acceptors (Lipinski definition) is 2. The van der Waals surface area contributed by atoms with Crippen LogP contribution in [0.15, 0.2) is 18.2 Å². The van der Waals surface area contributed by atoms with Gasteiger partial charge in [-0.05, 0) is 31.0 Å². The molecule has 2 N–H and O–H groups in total. The first-order valence-electron chi connectivity index (χ1n) is 6.03. The fraction of sp³-hybridized carbons (Fsp3) is 0.538. The van der Waals surface area contributed by atoms with Gasteiger partial charge in [0.2, 0.25) is 0 Å². The fourth-order valence-corrected chi connectivity index (χ4v) is 2.29. The molecule has 2 rings (SSSR count). The number of hydrogen-bond donors (Lipinski definition) is 2. The van der Waals surface area contributed by atoms with Gasteiger partial charge < -0.3 is 10.4 Å². The van der Waals surface area contributed by atoms with Crippen LogP contribution < -0.4 is 5.32 Å². The molecule has 94 valence electrons. The van der Waals surface area contributed by atoms with Crippen molar-refractivity contribution in [1.82, 2.24) is 5.32 Å². The third kappa shape index (κ3) is 3.23. The zero-order chi connectivity index (χ0) is 12.3. The van der Waals surface area contributed by atoms with Gasteiger partial charge in [0.1, 0.15) is 11.6 Å². The molecule has 1 aliphatic carbocycles. The minimum atomic E-state index is -0.994. The van der Waals surface area contributed by atoms with E-state index in [1.54, 1.807) is 0 Å². The molecule has 0 saturated heterocycles. The van der Waals surface area contributed by atoms with E-state index in [1.807, 2.05) is 0 Å². The highest BCUT2D eigenvalue weighted by molar-refractivity contribution is 5.21. The summed E-state index contributed by atoms with van der Waals surface area (Å²) in [5.41, 5.74) is 0.0236. The van der Waals surface area contributed by atoms with Gasteiger partial charge in [0.05, 0.1) is 6.10 Å². The second-order valence-electron chi connectivity index (χ2n) is 4.57. The van der Waals surface area contributed by atoms with Crippen LogP contribution in [0.3, 0.4) is 0 Å². The number of halogens is 2. The third-order valence-electron chi connectivity index (χ3n) is 3.27. The van der Waals surface area contributed by atoms with Gasteiger partial charge in [0.25, 0.3) is 0 Å². The zero-order valence-electron chi connectivity index (χ0n) is 9.63. The van der Waals surface area contributed by atoms with E-state index in [9.17, 15) is 13.9 Å².